The van der Waals surface area contributed by atoms with Crippen molar-refractivity contribution in [3.05, 3.63) is 118 Å². The summed E-state index contributed by atoms with van der Waals surface area (Å²) in [7, 11) is 6.83. The first-order chi connectivity index (χ1) is 22.0. The fourth-order valence-corrected chi connectivity index (χ4v) is 7.53. The maximum absolute atomic E-state index is 7.45. The van der Waals surface area contributed by atoms with Crippen molar-refractivity contribution in [1.29, 1.82) is 0 Å². The van der Waals surface area contributed by atoms with Gasteiger partial charge in [0.15, 0.2) is 17.1 Å². The van der Waals surface area contributed by atoms with Crippen LogP contribution in [0.25, 0.3) is 28.0 Å². The Labute approximate surface area is 262 Å². The largest absolute Gasteiger partial charge is 0.497 e. The minimum Gasteiger partial charge on any atom is -0.497 e. The van der Waals surface area contributed by atoms with Gasteiger partial charge in [0.1, 0.15) is 22.8 Å². The van der Waals surface area contributed by atoms with Crippen molar-refractivity contribution in [3.8, 4) is 39.9 Å². The fourth-order valence-electron chi connectivity index (χ4n) is 7.53. The van der Waals surface area contributed by atoms with Crippen LogP contribution in [-0.2, 0) is 22.4 Å². The van der Waals surface area contributed by atoms with Gasteiger partial charge >= 0.3 is 0 Å². The van der Waals surface area contributed by atoms with Gasteiger partial charge in [-0.3, -0.25) is 0 Å². The molecule has 0 bridgehead atoms. The Hall–Kier alpha value is -4.94. The van der Waals surface area contributed by atoms with Crippen LogP contribution in [0.15, 0.2) is 84.9 Å². The number of rotatable bonds is 6. The molecular weight excluding hydrogens is 564 g/mol. The normalized spacial score (nSPS) is 18.3. The third-order valence-electron chi connectivity index (χ3n) is 9.80. The zero-order chi connectivity index (χ0) is 30.9. The molecule has 226 valence electrons. The minimum absolute atomic E-state index is 0.599. The average Bonchev–Trinajstić information content (AvgIpc) is 3.70. The van der Waals surface area contributed by atoms with Gasteiger partial charge in [0.2, 0.25) is 0 Å². The lowest BCUT2D eigenvalue weighted by atomic mass is 9.80. The summed E-state index contributed by atoms with van der Waals surface area (Å²) in [5.41, 5.74) is 7.01. The maximum atomic E-state index is 7.45. The second kappa shape index (κ2) is 10.0. The van der Waals surface area contributed by atoms with E-state index in [9.17, 15) is 0 Å². The number of hydrogen-bond acceptors (Lipinski definition) is 6. The second-order valence-electron chi connectivity index (χ2n) is 11.8. The summed E-state index contributed by atoms with van der Waals surface area (Å²) in [4.78, 5) is 0. The Morgan fingerprint density at radius 2 is 1.42 bits per heavy atom. The standard InChI is InChI=1S/C39H34O6/c1-38(43-5)31-9-7-6-8-27(31)34-33-28-19-21-44-37(28)32(42-4)22-30(33)36-29(35(34)38)18-20-39(45-36,23-10-14-25(40-2)15-11-23)24-12-16-26(41-3)17-13-24/h6-18,20,22H,19,21H2,1-5H3. The molecule has 1 unspecified atom stereocenters. The van der Waals surface area contributed by atoms with Crippen molar-refractivity contribution in [1.82, 2.24) is 0 Å². The molecule has 0 saturated heterocycles. The Bertz CT molecular complexity index is 1960. The van der Waals surface area contributed by atoms with E-state index < -0.39 is 11.2 Å². The van der Waals surface area contributed by atoms with Gasteiger partial charge in [0.25, 0.3) is 0 Å². The molecule has 2 aliphatic heterocycles. The van der Waals surface area contributed by atoms with Crippen molar-refractivity contribution in [2.75, 3.05) is 35.0 Å². The molecule has 1 aliphatic carbocycles. The van der Waals surface area contributed by atoms with Crippen LogP contribution in [0, 0.1) is 0 Å². The summed E-state index contributed by atoms with van der Waals surface area (Å²) in [5, 5.41) is 2.11. The highest BCUT2D eigenvalue weighted by Gasteiger charge is 2.47. The molecule has 0 spiro atoms. The Morgan fingerprint density at radius 1 is 0.756 bits per heavy atom. The molecule has 6 nitrogen and oxygen atoms in total. The van der Waals surface area contributed by atoms with E-state index in [1.54, 1.807) is 28.4 Å². The first kappa shape index (κ1) is 27.6. The van der Waals surface area contributed by atoms with Crippen LogP contribution in [0.1, 0.15) is 40.3 Å². The van der Waals surface area contributed by atoms with Gasteiger partial charge in [0.05, 0.1) is 27.9 Å². The molecule has 0 fully saturated rings. The van der Waals surface area contributed by atoms with E-state index in [-0.39, 0.29) is 0 Å². The average molecular weight is 599 g/mol. The molecule has 1 atom stereocenters. The lowest BCUT2D eigenvalue weighted by Gasteiger charge is -2.39. The van der Waals surface area contributed by atoms with E-state index in [2.05, 4.69) is 73.7 Å². The number of fused-ring (bicyclic) bond motifs is 10. The smallest absolute Gasteiger partial charge is 0.178 e. The van der Waals surface area contributed by atoms with Crippen molar-refractivity contribution in [2.24, 2.45) is 0 Å². The molecule has 5 aromatic rings. The van der Waals surface area contributed by atoms with Crippen LogP contribution in [0.5, 0.6) is 28.7 Å². The van der Waals surface area contributed by atoms with Gasteiger partial charge in [-0.25, -0.2) is 0 Å². The Kier molecular flexibility index (Phi) is 6.16. The van der Waals surface area contributed by atoms with E-state index >= 15 is 0 Å². The quantitative estimate of drug-likeness (QED) is 0.197. The Morgan fingerprint density at radius 3 is 2.04 bits per heavy atom. The summed E-state index contributed by atoms with van der Waals surface area (Å²) >= 11 is 0. The highest BCUT2D eigenvalue weighted by atomic mass is 16.5. The van der Waals surface area contributed by atoms with Gasteiger partial charge in [0, 0.05) is 52.1 Å². The maximum Gasteiger partial charge on any atom is 0.178 e. The zero-order valence-electron chi connectivity index (χ0n) is 26.0. The second-order valence-corrected chi connectivity index (χ2v) is 11.8. The lowest BCUT2D eigenvalue weighted by Crippen LogP contribution is -2.35. The molecule has 6 heteroatoms. The predicted octanol–water partition coefficient (Wildman–Crippen LogP) is 8.04. The van der Waals surface area contributed by atoms with Crippen LogP contribution in [0.2, 0.25) is 0 Å². The molecule has 0 saturated carbocycles. The van der Waals surface area contributed by atoms with E-state index in [1.165, 1.54) is 11.1 Å². The molecule has 45 heavy (non-hydrogen) atoms. The number of benzene rings is 5. The molecule has 8 rings (SSSR count). The predicted molar refractivity (Wildman–Crippen MR) is 175 cm³/mol. The Balaban J connectivity index is 1.49. The van der Waals surface area contributed by atoms with Crippen LogP contribution in [0.4, 0.5) is 0 Å². The van der Waals surface area contributed by atoms with Crippen molar-refractivity contribution >= 4 is 16.8 Å². The summed E-state index contributed by atoms with van der Waals surface area (Å²) in [6, 6.07) is 26.8. The van der Waals surface area contributed by atoms with E-state index in [0.717, 1.165) is 73.6 Å². The molecular formula is C39H34O6. The summed E-state index contributed by atoms with van der Waals surface area (Å²) in [6.07, 6.45) is 5.15. The SMILES string of the molecule is COc1ccc(C2(c3ccc(OC)cc3)C=Cc3c4c(c5c6c(c(OC)cc5c3O2)OCC6)-c2ccccc2C4(C)OC)cc1. The van der Waals surface area contributed by atoms with Crippen LogP contribution < -0.4 is 23.7 Å². The lowest BCUT2D eigenvalue weighted by molar-refractivity contribution is 0.0423. The topological polar surface area (TPSA) is 55.4 Å². The van der Waals surface area contributed by atoms with Gasteiger partial charge in [-0.2, -0.15) is 0 Å². The first-order valence-electron chi connectivity index (χ1n) is 15.2. The summed E-state index contributed by atoms with van der Waals surface area (Å²) in [6.45, 7) is 2.76. The van der Waals surface area contributed by atoms with E-state index in [0.29, 0.717) is 12.4 Å². The van der Waals surface area contributed by atoms with Crippen molar-refractivity contribution in [3.63, 3.8) is 0 Å². The van der Waals surface area contributed by atoms with Crippen LogP contribution in [-0.4, -0.2) is 35.0 Å². The zero-order valence-corrected chi connectivity index (χ0v) is 26.0. The molecule has 3 aliphatic rings. The third kappa shape index (κ3) is 3.72. The van der Waals surface area contributed by atoms with Crippen LogP contribution in [0.3, 0.4) is 0 Å². The van der Waals surface area contributed by atoms with Crippen molar-refractivity contribution < 1.29 is 28.4 Å². The molecule has 0 amide bonds. The molecule has 0 aromatic heterocycles. The molecule has 2 heterocycles. The van der Waals surface area contributed by atoms with Gasteiger partial charge < -0.3 is 28.4 Å². The third-order valence-corrected chi connectivity index (χ3v) is 9.80. The molecule has 5 aromatic carbocycles. The van der Waals surface area contributed by atoms with Gasteiger partial charge in [-0.05, 0) is 60.0 Å². The van der Waals surface area contributed by atoms with Gasteiger partial charge in [-0.15, -0.1) is 0 Å². The highest BCUT2D eigenvalue weighted by Crippen LogP contribution is 2.60. The highest BCUT2D eigenvalue weighted by molar-refractivity contribution is 6.11. The van der Waals surface area contributed by atoms with E-state index in [1.807, 2.05) is 24.3 Å². The van der Waals surface area contributed by atoms with Gasteiger partial charge in [-0.1, -0.05) is 54.6 Å². The number of methoxy groups -OCH3 is 4. The molecule has 0 N–H and O–H groups in total. The fraction of sp³-hybridized carbons (Fsp3) is 0.231. The summed E-state index contributed by atoms with van der Waals surface area (Å²) < 4.78 is 37.0. The first-order valence-corrected chi connectivity index (χ1v) is 15.2. The van der Waals surface area contributed by atoms with E-state index in [4.69, 9.17) is 28.4 Å². The number of hydrogen-bond donors (Lipinski definition) is 0. The minimum atomic E-state index is -0.940. The van der Waals surface area contributed by atoms with Crippen molar-refractivity contribution in [2.45, 2.75) is 24.5 Å². The summed E-state index contributed by atoms with van der Waals surface area (Å²) in [5.74, 6) is 3.85. The molecule has 0 radical (unpaired) electrons. The monoisotopic (exact) mass is 598 g/mol. The number of ether oxygens (including phenoxy) is 6. The van der Waals surface area contributed by atoms with Crippen LogP contribution >= 0.6 is 0 Å².